The molecule has 0 radical (unpaired) electrons. The van der Waals surface area contributed by atoms with Crippen LogP contribution in [0.15, 0.2) is 0 Å². The maximum absolute atomic E-state index is 11.8. The second-order valence-electron chi connectivity index (χ2n) is 6.03. The summed E-state index contributed by atoms with van der Waals surface area (Å²) in [5.41, 5.74) is -0.0590. The molecule has 3 nitrogen and oxygen atoms in total. The lowest BCUT2D eigenvalue weighted by Crippen LogP contribution is -2.53. The van der Waals surface area contributed by atoms with E-state index in [0.717, 1.165) is 12.8 Å². The quantitative estimate of drug-likeness (QED) is 0.639. The van der Waals surface area contributed by atoms with Crippen molar-refractivity contribution in [1.29, 1.82) is 0 Å². The molecule has 3 atom stereocenters. The van der Waals surface area contributed by atoms with E-state index in [9.17, 15) is 9.59 Å². The Morgan fingerprint density at radius 3 is 2.25 bits per heavy atom. The summed E-state index contributed by atoms with van der Waals surface area (Å²) >= 11 is 0. The summed E-state index contributed by atoms with van der Waals surface area (Å²) in [4.78, 5) is 23.3. The molecule has 0 aromatic heterocycles. The Balaban J connectivity index is 2.27. The van der Waals surface area contributed by atoms with Gasteiger partial charge >= 0.3 is 0 Å². The van der Waals surface area contributed by atoms with Gasteiger partial charge in [0.25, 0.3) is 0 Å². The number of carbonyl (C=O) groups excluding carboxylic acids is 2. The Labute approximate surface area is 97.0 Å². The van der Waals surface area contributed by atoms with Crippen molar-refractivity contribution in [2.75, 3.05) is 0 Å². The number of imide groups is 1. The van der Waals surface area contributed by atoms with E-state index in [-0.39, 0.29) is 23.1 Å². The molecule has 1 aliphatic carbocycles. The number of amides is 2. The van der Waals surface area contributed by atoms with Gasteiger partial charge in [-0.1, -0.05) is 20.8 Å². The van der Waals surface area contributed by atoms with Crippen LogP contribution in [0.3, 0.4) is 0 Å². The predicted octanol–water partition coefficient (Wildman–Crippen LogP) is 2.11. The predicted molar refractivity (Wildman–Crippen MR) is 61.5 cm³/mol. The van der Waals surface area contributed by atoms with Crippen LogP contribution in [0.25, 0.3) is 0 Å². The van der Waals surface area contributed by atoms with Gasteiger partial charge in [-0.25, -0.2) is 0 Å². The fraction of sp³-hybridized carbons (Fsp3) is 0.846. The molecular weight excluding hydrogens is 202 g/mol. The second-order valence-corrected chi connectivity index (χ2v) is 6.03. The topological polar surface area (TPSA) is 46.2 Å². The molecular formula is C13H21NO2. The Morgan fingerprint density at radius 1 is 1.12 bits per heavy atom. The molecule has 3 heteroatoms. The molecule has 0 bridgehead atoms. The van der Waals surface area contributed by atoms with Gasteiger partial charge in [-0.15, -0.1) is 0 Å². The monoisotopic (exact) mass is 223 g/mol. The van der Waals surface area contributed by atoms with E-state index < -0.39 is 0 Å². The third-order valence-corrected chi connectivity index (χ3v) is 4.40. The summed E-state index contributed by atoms with van der Waals surface area (Å²) in [5.74, 6) is 1.09. The highest BCUT2D eigenvalue weighted by Crippen LogP contribution is 2.50. The Morgan fingerprint density at radius 2 is 1.69 bits per heavy atom. The van der Waals surface area contributed by atoms with Crippen LogP contribution < -0.4 is 5.32 Å². The lowest BCUT2D eigenvalue weighted by molar-refractivity contribution is -0.146. The van der Waals surface area contributed by atoms with Gasteiger partial charge in [0, 0.05) is 12.3 Å². The van der Waals surface area contributed by atoms with Crippen molar-refractivity contribution in [2.24, 2.45) is 23.2 Å². The normalized spacial score (nSPS) is 44.6. The van der Waals surface area contributed by atoms with Crippen molar-refractivity contribution in [3.05, 3.63) is 0 Å². The molecule has 1 heterocycles. The summed E-state index contributed by atoms with van der Waals surface area (Å²) in [5, 5.41) is 2.45. The molecule has 2 amide bonds. The number of nitrogens with one attached hydrogen (secondary N) is 1. The Hall–Kier alpha value is -0.860. The molecule has 1 N–H and O–H groups in total. The summed E-state index contributed by atoms with van der Waals surface area (Å²) in [6, 6.07) is 0. The van der Waals surface area contributed by atoms with Crippen LogP contribution in [-0.4, -0.2) is 11.8 Å². The van der Waals surface area contributed by atoms with Crippen LogP contribution >= 0.6 is 0 Å². The van der Waals surface area contributed by atoms with Crippen LogP contribution in [0.4, 0.5) is 0 Å². The fourth-order valence-electron chi connectivity index (χ4n) is 3.86. The molecule has 1 saturated carbocycles. The van der Waals surface area contributed by atoms with Crippen LogP contribution in [-0.2, 0) is 9.59 Å². The van der Waals surface area contributed by atoms with Gasteiger partial charge in [-0.2, -0.15) is 0 Å². The van der Waals surface area contributed by atoms with E-state index in [4.69, 9.17) is 0 Å². The Kier molecular flexibility index (Phi) is 2.81. The third-order valence-electron chi connectivity index (χ3n) is 4.40. The highest BCUT2D eigenvalue weighted by Gasteiger charge is 2.49. The number of carbonyl (C=O) groups is 2. The van der Waals surface area contributed by atoms with Gasteiger partial charge in [0.2, 0.25) is 11.8 Å². The third kappa shape index (κ3) is 1.87. The van der Waals surface area contributed by atoms with Crippen molar-refractivity contribution < 1.29 is 9.59 Å². The molecule has 0 aromatic carbocycles. The van der Waals surface area contributed by atoms with E-state index in [1.54, 1.807) is 0 Å². The van der Waals surface area contributed by atoms with Crippen molar-refractivity contribution in [1.82, 2.24) is 5.32 Å². The van der Waals surface area contributed by atoms with E-state index >= 15 is 0 Å². The van der Waals surface area contributed by atoms with E-state index in [1.165, 1.54) is 6.42 Å². The molecule has 3 unspecified atom stereocenters. The molecule has 1 saturated heterocycles. The molecule has 2 rings (SSSR count). The van der Waals surface area contributed by atoms with E-state index in [0.29, 0.717) is 18.3 Å². The van der Waals surface area contributed by atoms with E-state index in [2.05, 4.69) is 19.2 Å². The summed E-state index contributed by atoms with van der Waals surface area (Å²) in [6.07, 6.45) is 3.81. The summed E-state index contributed by atoms with van der Waals surface area (Å²) < 4.78 is 0. The smallest absolute Gasteiger partial charge is 0.229 e. The zero-order valence-corrected chi connectivity index (χ0v) is 10.4. The van der Waals surface area contributed by atoms with Crippen molar-refractivity contribution in [3.8, 4) is 0 Å². The average molecular weight is 223 g/mol. The van der Waals surface area contributed by atoms with Gasteiger partial charge in [-0.3, -0.25) is 14.9 Å². The summed E-state index contributed by atoms with van der Waals surface area (Å²) in [6.45, 7) is 6.45. The molecule has 1 spiro atoms. The maximum atomic E-state index is 11.8. The van der Waals surface area contributed by atoms with Crippen LogP contribution in [0.1, 0.15) is 46.5 Å². The highest BCUT2D eigenvalue weighted by molar-refractivity contribution is 5.99. The summed E-state index contributed by atoms with van der Waals surface area (Å²) in [7, 11) is 0. The van der Waals surface area contributed by atoms with Gasteiger partial charge in [0.15, 0.2) is 0 Å². The lowest BCUT2D eigenvalue weighted by atomic mass is 9.58. The highest BCUT2D eigenvalue weighted by atomic mass is 16.2. The molecule has 1 aliphatic heterocycles. The largest absolute Gasteiger partial charge is 0.296 e. The minimum Gasteiger partial charge on any atom is -0.296 e. The first-order valence-corrected chi connectivity index (χ1v) is 6.26. The molecule has 0 aromatic rings. The zero-order valence-electron chi connectivity index (χ0n) is 10.4. The van der Waals surface area contributed by atoms with Crippen molar-refractivity contribution in [3.63, 3.8) is 0 Å². The van der Waals surface area contributed by atoms with Crippen LogP contribution in [0, 0.1) is 23.2 Å². The Bertz CT molecular complexity index is 314. The van der Waals surface area contributed by atoms with Gasteiger partial charge in [-0.05, 0) is 36.5 Å². The fourth-order valence-corrected chi connectivity index (χ4v) is 3.86. The first-order valence-electron chi connectivity index (χ1n) is 6.26. The van der Waals surface area contributed by atoms with Crippen molar-refractivity contribution in [2.45, 2.75) is 46.5 Å². The molecule has 2 aliphatic rings. The first-order chi connectivity index (χ1) is 7.43. The van der Waals surface area contributed by atoms with Crippen LogP contribution in [0.5, 0.6) is 0 Å². The van der Waals surface area contributed by atoms with E-state index in [1.807, 2.05) is 6.92 Å². The number of hydrogen-bond donors (Lipinski definition) is 1. The standard InChI is InChI=1S/C13H21NO2/c1-8-4-9(2)6-13(5-8)7-11(15)14-12(16)10(13)3/h8-10H,4-7H2,1-3H3,(H,14,15,16). The number of piperidine rings is 1. The minimum absolute atomic E-state index is 0.0181. The van der Waals surface area contributed by atoms with Gasteiger partial charge in [0.1, 0.15) is 0 Å². The van der Waals surface area contributed by atoms with Crippen LogP contribution in [0.2, 0.25) is 0 Å². The molecule has 90 valence electrons. The lowest BCUT2D eigenvalue weighted by Gasteiger charge is -2.48. The second kappa shape index (κ2) is 3.86. The van der Waals surface area contributed by atoms with Crippen molar-refractivity contribution >= 4 is 11.8 Å². The molecule has 16 heavy (non-hydrogen) atoms. The number of hydrogen-bond acceptors (Lipinski definition) is 2. The first kappa shape index (κ1) is 11.6. The van der Waals surface area contributed by atoms with Gasteiger partial charge < -0.3 is 0 Å². The number of rotatable bonds is 0. The zero-order chi connectivity index (χ0) is 11.9. The van der Waals surface area contributed by atoms with Gasteiger partial charge in [0.05, 0.1) is 0 Å². The maximum Gasteiger partial charge on any atom is 0.229 e. The SMILES string of the molecule is CC1CC(C)CC2(CC(=O)NC(=O)C2C)C1. The minimum atomic E-state index is -0.0793. The molecule has 2 fully saturated rings. The average Bonchev–Trinajstić information content (AvgIpc) is 2.12.